The van der Waals surface area contributed by atoms with E-state index < -0.39 is 42.8 Å². The van der Waals surface area contributed by atoms with Crippen LogP contribution in [0.15, 0.2) is 82.8 Å². The maximum absolute atomic E-state index is 12.9. The zero-order valence-corrected chi connectivity index (χ0v) is 26.7. The summed E-state index contributed by atoms with van der Waals surface area (Å²) >= 11 is 0. The summed E-state index contributed by atoms with van der Waals surface area (Å²) in [6, 6.07) is 17.0. The molecule has 4 aromatic rings. The molecule has 0 fully saturated rings. The molecule has 4 rings (SSSR count). The van der Waals surface area contributed by atoms with Crippen LogP contribution in [-0.2, 0) is 38.9 Å². The number of sulfonamides is 1. The molecule has 11 nitrogen and oxygen atoms in total. The van der Waals surface area contributed by atoms with Gasteiger partial charge in [-0.3, -0.25) is 19.6 Å². The van der Waals surface area contributed by atoms with Crippen molar-refractivity contribution in [3.63, 3.8) is 0 Å². The fourth-order valence-corrected chi connectivity index (χ4v) is 7.94. The molecule has 0 aliphatic carbocycles. The maximum atomic E-state index is 12.9. The number of pyridine rings is 2. The van der Waals surface area contributed by atoms with Crippen LogP contribution in [0.2, 0.25) is 0 Å². The molecule has 13 heteroatoms. The third-order valence-corrected chi connectivity index (χ3v) is 11.1. The number of carbonyl (C=O) groups is 2. The Morgan fingerprint density at radius 2 is 1.16 bits per heavy atom. The first-order valence-electron chi connectivity index (χ1n) is 13.1. The second kappa shape index (κ2) is 12.7. The highest BCUT2D eigenvalue weighted by atomic mass is 32.2. The lowest BCUT2D eigenvalue weighted by molar-refractivity contribution is -0.150. The second-order valence-corrected chi connectivity index (χ2v) is 14.7. The summed E-state index contributed by atoms with van der Waals surface area (Å²) in [5.74, 6) is -1.52. The summed E-state index contributed by atoms with van der Waals surface area (Å²) in [5.41, 5.74) is -1.66. The Labute approximate surface area is 251 Å². The normalized spacial score (nSPS) is 12.5. The quantitative estimate of drug-likeness (QED) is 0.262. The van der Waals surface area contributed by atoms with E-state index in [2.05, 4.69) is 14.7 Å². The van der Waals surface area contributed by atoms with Crippen molar-refractivity contribution >= 4 is 53.6 Å². The lowest BCUT2D eigenvalue weighted by Crippen LogP contribution is -2.51. The fraction of sp³-hybridized carbons (Fsp3) is 0.333. The molecule has 2 aromatic carbocycles. The molecule has 43 heavy (non-hydrogen) atoms. The Bertz CT molecular complexity index is 1860. The van der Waals surface area contributed by atoms with E-state index in [1.54, 1.807) is 68.6 Å². The number of carbonyl (C=O) groups excluding carboxylic acids is 2. The van der Waals surface area contributed by atoms with Crippen molar-refractivity contribution in [1.82, 2.24) is 14.3 Å². The van der Waals surface area contributed by atoms with Gasteiger partial charge < -0.3 is 9.47 Å². The topological polar surface area (TPSA) is 150 Å². The number of benzene rings is 2. The zero-order chi connectivity index (χ0) is 32.2. The van der Waals surface area contributed by atoms with Crippen molar-refractivity contribution in [2.45, 2.75) is 43.0 Å². The van der Waals surface area contributed by atoms with E-state index in [1.807, 2.05) is 0 Å². The van der Waals surface area contributed by atoms with Crippen molar-refractivity contribution in [3.05, 3.63) is 73.1 Å². The van der Waals surface area contributed by atoms with Crippen LogP contribution >= 0.6 is 0 Å². The number of fused-ring (bicyclic) bond motifs is 2. The van der Waals surface area contributed by atoms with Gasteiger partial charge in [0.05, 0.1) is 41.3 Å². The highest BCUT2D eigenvalue weighted by Crippen LogP contribution is 2.29. The van der Waals surface area contributed by atoms with Gasteiger partial charge in [-0.2, -0.15) is 4.31 Å². The van der Waals surface area contributed by atoms with E-state index in [9.17, 15) is 26.4 Å². The zero-order valence-electron chi connectivity index (χ0n) is 25.1. The SMILES string of the molecule is COC(=O)C(C)(C)CS(=O)(=O)c1cccc2cccnc12.COC(=O)C(C)(C)N(C)S(=O)(=O)c1cccc2cccnc12. The number of hydrogen-bond donors (Lipinski definition) is 0. The summed E-state index contributed by atoms with van der Waals surface area (Å²) in [5, 5.41) is 1.46. The molecule has 0 unspecified atom stereocenters. The number of methoxy groups -OCH3 is 2. The maximum Gasteiger partial charge on any atom is 0.326 e. The van der Waals surface area contributed by atoms with Crippen LogP contribution in [0.4, 0.5) is 0 Å². The monoisotopic (exact) mass is 629 g/mol. The van der Waals surface area contributed by atoms with Gasteiger partial charge in [0, 0.05) is 30.2 Å². The van der Waals surface area contributed by atoms with Crippen LogP contribution in [0.5, 0.6) is 0 Å². The molecule has 0 saturated carbocycles. The van der Waals surface area contributed by atoms with Gasteiger partial charge >= 0.3 is 11.9 Å². The standard InChI is InChI=1S/C15H18N2O4S.C15H17NO4S/c1-15(2,14(18)21-4)17(3)22(19,20)12-9-5-7-11-8-6-10-16-13(11)12;1-15(2,14(17)20-3)10-21(18,19)12-8-4-6-11-7-5-9-16-13(11)12/h5-10H,1-4H3;4-9H,10H2,1-3H3. The predicted molar refractivity (Wildman–Crippen MR) is 162 cm³/mol. The van der Waals surface area contributed by atoms with E-state index in [-0.39, 0.29) is 15.5 Å². The van der Waals surface area contributed by atoms with Gasteiger partial charge in [0.25, 0.3) is 0 Å². The number of esters is 2. The molecule has 0 aliphatic rings. The fourth-order valence-electron chi connectivity index (χ4n) is 4.33. The minimum atomic E-state index is -3.91. The third kappa shape index (κ3) is 7.00. The van der Waals surface area contributed by atoms with Gasteiger partial charge in [-0.25, -0.2) is 16.8 Å². The summed E-state index contributed by atoms with van der Waals surface area (Å²) in [6.45, 7) is 6.09. The molecular formula is C30H35N3O8S2. The van der Waals surface area contributed by atoms with Crippen molar-refractivity contribution in [2.24, 2.45) is 5.41 Å². The second-order valence-electron chi connectivity index (χ2n) is 10.8. The summed E-state index contributed by atoms with van der Waals surface area (Å²) < 4.78 is 61.4. The van der Waals surface area contributed by atoms with Crippen molar-refractivity contribution in [1.29, 1.82) is 0 Å². The van der Waals surface area contributed by atoms with Crippen LogP contribution in [0.1, 0.15) is 27.7 Å². The molecule has 230 valence electrons. The number of ether oxygens (including phenoxy) is 2. The highest BCUT2D eigenvalue weighted by Gasteiger charge is 2.41. The Morgan fingerprint density at radius 3 is 1.65 bits per heavy atom. The number of rotatable bonds is 8. The van der Waals surface area contributed by atoms with Crippen LogP contribution in [0.3, 0.4) is 0 Å². The first-order chi connectivity index (χ1) is 20.0. The van der Waals surface area contributed by atoms with Gasteiger partial charge in [-0.05, 0) is 52.0 Å². The molecule has 0 bridgehead atoms. The number of sulfone groups is 1. The van der Waals surface area contributed by atoms with Crippen LogP contribution < -0.4 is 0 Å². The molecule has 0 aliphatic heterocycles. The molecule has 0 spiro atoms. The van der Waals surface area contributed by atoms with E-state index in [0.717, 1.165) is 9.69 Å². The van der Waals surface area contributed by atoms with Crippen LogP contribution in [0.25, 0.3) is 21.8 Å². The van der Waals surface area contributed by atoms with Gasteiger partial charge in [0.15, 0.2) is 9.84 Å². The van der Waals surface area contributed by atoms with Gasteiger partial charge in [-0.15, -0.1) is 0 Å². The Balaban J connectivity index is 0.000000236. The Hall–Kier alpha value is -3.94. The number of hydrogen-bond acceptors (Lipinski definition) is 10. The average Bonchev–Trinajstić information content (AvgIpc) is 2.98. The summed E-state index contributed by atoms with van der Waals surface area (Å²) in [6.07, 6.45) is 3.08. The van der Waals surface area contributed by atoms with Gasteiger partial charge in [0.1, 0.15) is 10.4 Å². The molecule has 2 aromatic heterocycles. The minimum absolute atomic E-state index is 0.0603. The summed E-state index contributed by atoms with van der Waals surface area (Å²) in [4.78, 5) is 32.1. The van der Waals surface area contributed by atoms with Crippen molar-refractivity contribution in [2.75, 3.05) is 27.0 Å². The smallest absolute Gasteiger partial charge is 0.326 e. The molecule has 0 radical (unpaired) electrons. The van der Waals surface area contributed by atoms with E-state index in [4.69, 9.17) is 4.74 Å². The highest BCUT2D eigenvalue weighted by molar-refractivity contribution is 7.91. The number of para-hydroxylation sites is 2. The van der Waals surface area contributed by atoms with Crippen LogP contribution in [-0.4, -0.2) is 75.6 Å². The summed E-state index contributed by atoms with van der Waals surface area (Å²) in [7, 11) is -3.74. The number of nitrogens with zero attached hydrogens (tertiary/aromatic N) is 3. The Morgan fingerprint density at radius 1 is 0.721 bits per heavy atom. The molecule has 0 amide bonds. The van der Waals surface area contributed by atoms with Crippen molar-refractivity contribution in [3.8, 4) is 0 Å². The van der Waals surface area contributed by atoms with E-state index in [0.29, 0.717) is 16.4 Å². The largest absolute Gasteiger partial charge is 0.469 e. The first-order valence-corrected chi connectivity index (χ1v) is 16.2. The minimum Gasteiger partial charge on any atom is -0.469 e. The average molecular weight is 630 g/mol. The lowest BCUT2D eigenvalue weighted by Gasteiger charge is -2.31. The van der Waals surface area contributed by atoms with E-state index in [1.165, 1.54) is 53.4 Å². The molecular weight excluding hydrogens is 594 g/mol. The van der Waals surface area contributed by atoms with Gasteiger partial charge in [-0.1, -0.05) is 36.4 Å². The lowest BCUT2D eigenvalue weighted by atomic mass is 9.97. The predicted octanol–water partition coefficient (Wildman–Crippen LogP) is 4.01. The van der Waals surface area contributed by atoms with Crippen molar-refractivity contribution < 1.29 is 35.9 Å². The Kier molecular flexibility index (Phi) is 9.94. The third-order valence-electron chi connectivity index (χ3n) is 6.93. The van der Waals surface area contributed by atoms with Crippen LogP contribution in [0, 0.1) is 5.41 Å². The number of likely N-dealkylation sites (N-methyl/N-ethyl adjacent to an activating group) is 1. The first kappa shape index (κ1) is 33.6. The molecule has 0 N–H and O–H groups in total. The molecule has 2 heterocycles. The van der Waals surface area contributed by atoms with Gasteiger partial charge in [0.2, 0.25) is 10.0 Å². The number of aromatic nitrogens is 2. The van der Waals surface area contributed by atoms with E-state index >= 15 is 0 Å². The molecule has 0 saturated heterocycles. The molecule has 0 atom stereocenters.